The van der Waals surface area contributed by atoms with Crippen LogP contribution in [0.2, 0.25) is 0 Å². The first-order chi connectivity index (χ1) is 13.9. The molecule has 8 nitrogen and oxygen atoms in total. The van der Waals surface area contributed by atoms with Crippen LogP contribution in [0.3, 0.4) is 0 Å². The van der Waals surface area contributed by atoms with Crippen LogP contribution in [0.15, 0.2) is 40.5 Å². The fourth-order valence-corrected chi connectivity index (χ4v) is 3.66. The smallest absolute Gasteiger partial charge is 0.340 e. The fraction of sp³-hybridized carbons (Fsp3) is 0.333. The summed E-state index contributed by atoms with van der Waals surface area (Å²) in [4.78, 5) is 26.0. The van der Waals surface area contributed by atoms with Gasteiger partial charge in [-0.05, 0) is 32.0 Å². The lowest BCUT2D eigenvalue weighted by molar-refractivity contribution is -0.136. The normalized spacial score (nSPS) is 15.4. The van der Waals surface area contributed by atoms with Crippen LogP contribution in [0, 0.1) is 6.92 Å². The van der Waals surface area contributed by atoms with Crippen LogP contribution in [-0.4, -0.2) is 31.9 Å². The lowest BCUT2D eigenvalue weighted by Gasteiger charge is -2.29. The molecular formula is C21H24N2O6. The van der Waals surface area contributed by atoms with Gasteiger partial charge in [-0.1, -0.05) is 0 Å². The topological polar surface area (TPSA) is 102 Å². The van der Waals surface area contributed by atoms with Gasteiger partial charge in [-0.15, -0.1) is 0 Å². The van der Waals surface area contributed by atoms with Gasteiger partial charge in [-0.3, -0.25) is 4.79 Å². The van der Waals surface area contributed by atoms with Gasteiger partial charge >= 0.3 is 5.97 Å². The molecule has 154 valence electrons. The van der Waals surface area contributed by atoms with Crippen LogP contribution in [0.4, 0.5) is 0 Å². The zero-order valence-corrected chi connectivity index (χ0v) is 17.1. The predicted octanol–water partition coefficient (Wildman–Crippen LogP) is 2.06. The predicted molar refractivity (Wildman–Crippen MR) is 106 cm³/mol. The van der Waals surface area contributed by atoms with E-state index in [2.05, 4.69) is 0 Å². The summed E-state index contributed by atoms with van der Waals surface area (Å²) in [5.41, 5.74) is 7.43. The number of benzene rings is 1. The monoisotopic (exact) mass is 400 g/mol. The molecule has 0 amide bonds. The Morgan fingerprint density at radius 2 is 1.93 bits per heavy atom. The molecule has 3 rings (SSSR count). The van der Waals surface area contributed by atoms with Crippen molar-refractivity contribution in [3.63, 3.8) is 0 Å². The molecule has 1 aliphatic heterocycles. The first-order valence-corrected chi connectivity index (χ1v) is 9.09. The number of carbonyl (C=O) groups is 1. The minimum atomic E-state index is -0.845. The minimum Gasteiger partial charge on any atom is -0.497 e. The van der Waals surface area contributed by atoms with Gasteiger partial charge in [0, 0.05) is 23.9 Å². The fourth-order valence-electron chi connectivity index (χ4n) is 3.66. The van der Waals surface area contributed by atoms with Crippen molar-refractivity contribution < 1.29 is 23.7 Å². The highest BCUT2D eigenvalue weighted by Crippen LogP contribution is 2.45. The molecule has 8 heteroatoms. The lowest BCUT2D eigenvalue weighted by Crippen LogP contribution is -2.35. The van der Waals surface area contributed by atoms with Crippen molar-refractivity contribution in [2.24, 2.45) is 5.73 Å². The molecule has 2 aromatic rings. The summed E-state index contributed by atoms with van der Waals surface area (Å²) in [6.45, 7) is 4.15. The Balaban J connectivity index is 2.42. The lowest BCUT2D eigenvalue weighted by atomic mass is 9.82. The molecule has 0 fully saturated rings. The summed E-state index contributed by atoms with van der Waals surface area (Å²) in [6, 6.07) is 6.89. The maximum atomic E-state index is 13.4. The Morgan fingerprint density at radius 1 is 1.21 bits per heavy atom. The molecule has 0 bridgehead atoms. The van der Waals surface area contributed by atoms with Gasteiger partial charge in [-0.25, -0.2) is 4.79 Å². The van der Waals surface area contributed by atoms with Crippen molar-refractivity contribution in [1.29, 1.82) is 0 Å². The number of ether oxygens (including phenoxy) is 4. The molecule has 0 aliphatic carbocycles. The van der Waals surface area contributed by atoms with Crippen molar-refractivity contribution in [2.75, 3.05) is 21.3 Å². The number of nitrogens with two attached hydrogens (primary N) is 1. The van der Waals surface area contributed by atoms with Crippen molar-refractivity contribution in [1.82, 2.24) is 4.57 Å². The first-order valence-electron chi connectivity index (χ1n) is 9.09. The maximum Gasteiger partial charge on any atom is 0.340 e. The van der Waals surface area contributed by atoms with Gasteiger partial charge < -0.3 is 29.2 Å². The zero-order valence-electron chi connectivity index (χ0n) is 17.1. The molecule has 0 saturated heterocycles. The van der Waals surface area contributed by atoms with Gasteiger partial charge in [0.2, 0.25) is 5.88 Å². The van der Waals surface area contributed by atoms with E-state index in [9.17, 15) is 9.59 Å². The van der Waals surface area contributed by atoms with E-state index in [0.717, 1.165) is 5.69 Å². The van der Waals surface area contributed by atoms with Gasteiger partial charge in [0.25, 0.3) is 5.56 Å². The number of esters is 1. The molecule has 1 aromatic heterocycles. The number of hydrogen-bond donors (Lipinski definition) is 1. The van der Waals surface area contributed by atoms with E-state index >= 15 is 0 Å². The second kappa shape index (κ2) is 7.90. The first kappa shape index (κ1) is 20.3. The Morgan fingerprint density at radius 3 is 2.52 bits per heavy atom. The van der Waals surface area contributed by atoms with Crippen LogP contribution in [-0.2, 0) is 16.1 Å². The van der Waals surface area contributed by atoms with Crippen molar-refractivity contribution >= 4 is 5.97 Å². The number of pyridine rings is 1. The number of hydrogen-bond acceptors (Lipinski definition) is 7. The van der Waals surface area contributed by atoms with Gasteiger partial charge in [0.05, 0.1) is 32.8 Å². The average molecular weight is 400 g/mol. The van der Waals surface area contributed by atoms with Crippen LogP contribution in [0.5, 0.6) is 17.2 Å². The quantitative estimate of drug-likeness (QED) is 0.767. The maximum absolute atomic E-state index is 13.4. The molecule has 1 aliphatic rings. The Labute approximate surface area is 168 Å². The Kier molecular flexibility index (Phi) is 5.54. The SMILES string of the molecule is CCn1c(C)cc2c(c1=O)[C@H](c1cc(OC)ccc1OC)C(C(=O)OC)=C(N)O2. The van der Waals surface area contributed by atoms with E-state index in [1.54, 1.807) is 28.8 Å². The number of carbonyl (C=O) groups excluding carboxylic acids is 1. The van der Waals surface area contributed by atoms with Crippen molar-refractivity contribution in [3.8, 4) is 17.2 Å². The second-order valence-electron chi connectivity index (χ2n) is 6.53. The van der Waals surface area contributed by atoms with Crippen molar-refractivity contribution in [2.45, 2.75) is 26.3 Å². The number of fused-ring (bicyclic) bond motifs is 1. The largest absolute Gasteiger partial charge is 0.497 e. The molecule has 0 saturated carbocycles. The Bertz CT molecular complexity index is 1050. The van der Waals surface area contributed by atoms with E-state index in [-0.39, 0.29) is 17.0 Å². The van der Waals surface area contributed by atoms with Crippen LogP contribution in [0.1, 0.15) is 29.7 Å². The number of aryl methyl sites for hydroxylation is 1. The number of rotatable bonds is 5. The van der Waals surface area contributed by atoms with Gasteiger partial charge in [0.15, 0.2) is 0 Å². The molecule has 1 atom stereocenters. The van der Waals surface area contributed by atoms with E-state index in [4.69, 9.17) is 24.7 Å². The van der Waals surface area contributed by atoms with Gasteiger partial charge in [-0.2, -0.15) is 0 Å². The highest BCUT2D eigenvalue weighted by atomic mass is 16.5. The van der Waals surface area contributed by atoms with Crippen molar-refractivity contribution in [3.05, 3.63) is 62.9 Å². The highest BCUT2D eigenvalue weighted by molar-refractivity contribution is 5.92. The summed E-state index contributed by atoms with van der Waals surface area (Å²) >= 11 is 0. The molecule has 2 N–H and O–H groups in total. The third-order valence-corrected chi connectivity index (χ3v) is 5.04. The number of aromatic nitrogens is 1. The number of nitrogens with zero attached hydrogens (tertiary/aromatic N) is 1. The van der Waals surface area contributed by atoms with Gasteiger partial charge in [0.1, 0.15) is 22.8 Å². The summed E-state index contributed by atoms with van der Waals surface area (Å²) in [5.74, 6) is -0.335. The molecular weight excluding hydrogens is 376 g/mol. The summed E-state index contributed by atoms with van der Waals surface area (Å²) in [7, 11) is 4.29. The molecule has 0 unspecified atom stereocenters. The minimum absolute atomic E-state index is 0.0372. The summed E-state index contributed by atoms with van der Waals surface area (Å²) in [6.07, 6.45) is 0. The van der Waals surface area contributed by atoms with Crippen LogP contribution < -0.4 is 25.5 Å². The van der Waals surface area contributed by atoms with Crippen LogP contribution in [0.25, 0.3) is 0 Å². The third-order valence-electron chi connectivity index (χ3n) is 5.04. The van der Waals surface area contributed by atoms with E-state index < -0.39 is 11.9 Å². The molecule has 29 heavy (non-hydrogen) atoms. The Hall–Kier alpha value is -3.42. The highest BCUT2D eigenvalue weighted by Gasteiger charge is 2.39. The average Bonchev–Trinajstić information content (AvgIpc) is 2.71. The zero-order chi connectivity index (χ0) is 21.3. The molecule has 0 spiro atoms. The number of methoxy groups -OCH3 is 3. The standard InChI is InChI=1S/C21H24N2O6/c1-6-23-11(2)9-15-17(20(23)24)16(18(19(22)29-15)21(25)28-5)13-10-12(26-3)7-8-14(13)27-4/h7-10,16H,6,22H2,1-5H3/t16-/m0/s1. The molecule has 1 aromatic carbocycles. The van der Waals surface area contributed by atoms with E-state index in [0.29, 0.717) is 34.9 Å². The summed E-state index contributed by atoms with van der Waals surface area (Å²) in [5, 5.41) is 0. The van der Waals surface area contributed by atoms with E-state index in [1.165, 1.54) is 21.3 Å². The summed E-state index contributed by atoms with van der Waals surface area (Å²) < 4.78 is 23.1. The van der Waals surface area contributed by atoms with E-state index in [1.807, 2.05) is 13.8 Å². The molecule has 2 heterocycles. The second-order valence-corrected chi connectivity index (χ2v) is 6.53. The molecule has 0 radical (unpaired) electrons. The third kappa shape index (κ3) is 3.30. The van der Waals surface area contributed by atoms with Crippen LogP contribution >= 0.6 is 0 Å².